The lowest BCUT2D eigenvalue weighted by atomic mass is 9.99. The summed E-state index contributed by atoms with van der Waals surface area (Å²) in [6.07, 6.45) is 7.22. The molecule has 166 valence electrons. The molecule has 7 nitrogen and oxygen atoms in total. The largest absolute Gasteiger partial charge is 0.384 e. The van der Waals surface area contributed by atoms with Gasteiger partial charge in [0.15, 0.2) is 0 Å². The highest BCUT2D eigenvalue weighted by atomic mass is 35.5. The molecule has 0 saturated carbocycles. The molecule has 31 heavy (non-hydrogen) atoms. The first kappa shape index (κ1) is 22.3. The standard InChI is InChI=1S/C22H27Cl2N5O2/c23-19-13-27-20(29-22(30)15-2-1-5-25-11-15)9-17(19)18-8-16(12-28-21(18)24)26-10-14-3-6-31-7-4-14/h8-9,12-15,25-26H,1-7,10-11H2,(H,27,29,30). The Bertz CT molecular complexity index is 915. The van der Waals surface area contributed by atoms with Crippen molar-refractivity contribution in [3.63, 3.8) is 0 Å². The van der Waals surface area contributed by atoms with E-state index in [4.69, 9.17) is 27.9 Å². The predicted octanol–water partition coefficient (Wildman–Crippen LogP) is 4.23. The van der Waals surface area contributed by atoms with Crippen LogP contribution in [0.1, 0.15) is 25.7 Å². The molecule has 1 unspecified atom stereocenters. The molecule has 9 heteroatoms. The Morgan fingerprint density at radius 2 is 1.97 bits per heavy atom. The van der Waals surface area contributed by atoms with Gasteiger partial charge in [-0.3, -0.25) is 4.79 Å². The number of nitrogens with one attached hydrogen (secondary N) is 3. The van der Waals surface area contributed by atoms with Gasteiger partial charge in [0, 0.05) is 43.6 Å². The van der Waals surface area contributed by atoms with E-state index in [0.717, 1.165) is 57.7 Å². The van der Waals surface area contributed by atoms with Crippen LogP contribution in [0.4, 0.5) is 11.5 Å². The van der Waals surface area contributed by atoms with Crippen LogP contribution in [0.25, 0.3) is 11.1 Å². The summed E-state index contributed by atoms with van der Waals surface area (Å²) in [5, 5.41) is 10.4. The molecule has 0 radical (unpaired) electrons. The highest BCUT2D eigenvalue weighted by Gasteiger charge is 2.22. The van der Waals surface area contributed by atoms with Crippen LogP contribution in [0.15, 0.2) is 24.5 Å². The van der Waals surface area contributed by atoms with Gasteiger partial charge in [-0.15, -0.1) is 0 Å². The molecule has 1 amide bonds. The van der Waals surface area contributed by atoms with Gasteiger partial charge < -0.3 is 20.7 Å². The van der Waals surface area contributed by atoms with Crippen molar-refractivity contribution in [2.75, 3.05) is 43.5 Å². The van der Waals surface area contributed by atoms with Gasteiger partial charge >= 0.3 is 0 Å². The van der Waals surface area contributed by atoms with Gasteiger partial charge in [0.25, 0.3) is 0 Å². The van der Waals surface area contributed by atoms with Gasteiger partial charge in [-0.1, -0.05) is 23.2 Å². The number of carbonyl (C=O) groups is 1. The van der Waals surface area contributed by atoms with Crippen LogP contribution in [0.5, 0.6) is 0 Å². The number of aromatic nitrogens is 2. The molecule has 2 aliphatic heterocycles. The number of anilines is 2. The number of hydrogen-bond acceptors (Lipinski definition) is 6. The van der Waals surface area contributed by atoms with Crippen LogP contribution in [-0.4, -0.2) is 48.7 Å². The third kappa shape index (κ3) is 5.86. The average Bonchev–Trinajstić information content (AvgIpc) is 2.81. The zero-order chi connectivity index (χ0) is 21.6. The smallest absolute Gasteiger partial charge is 0.229 e. The molecule has 2 aromatic rings. The van der Waals surface area contributed by atoms with E-state index >= 15 is 0 Å². The van der Waals surface area contributed by atoms with E-state index < -0.39 is 0 Å². The van der Waals surface area contributed by atoms with Gasteiger partial charge in [0.2, 0.25) is 5.91 Å². The fraction of sp³-hybridized carbons (Fsp3) is 0.500. The molecule has 2 fully saturated rings. The number of halogens is 2. The maximum absolute atomic E-state index is 12.6. The summed E-state index contributed by atoms with van der Waals surface area (Å²) in [4.78, 5) is 21.2. The molecule has 1 atom stereocenters. The van der Waals surface area contributed by atoms with Crippen molar-refractivity contribution in [3.05, 3.63) is 34.7 Å². The molecule has 0 bridgehead atoms. The molecule has 0 aromatic carbocycles. The zero-order valence-corrected chi connectivity index (χ0v) is 18.8. The van der Waals surface area contributed by atoms with Gasteiger partial charge in [0.05, 0.1) is 22.8 Å². The van der Waals surface area contributed by atoms with Gasteiger partial charge in [-0.2, -0.15) is 0 Å². The summed E-state index contributed by atoms with van der Waals surface area (Å²) in [6, 6.07) is 3.69. The summed E-state index contributed by atoms with van der Waals surface area (Å²) < 4.78 is 5.42. The monoisotopic (exact) mass is 463 g/mol. The number of rotatable bonds is 6. The number of ether oxygens (including phenoxy) is 1. The lowest BCUT2D eigenvalue weighted by molar-refractivity contribution is -0.120. The second-order valence-corrected chi connectivity index (χ2v) is 8.85. The first-order valence-electron chi connectivity index (χ1n) is 10.7. The molecule has 0 spiro atoms. The molecule has 3 N–H and O–H groups in total. The highest BCUT2D eigenvalue weighted by Crippen LogP contribution is 2.35. The van der Waals surface area contributed by atoms with Crippen LogP contribution < -0.4 is 16.0 Å². The van der Waals surface area contributed by atoms with Crippen LogP contribution in [-0.2, 0) is 9.53 Å². The summed E-state index contributed by atoms with van der Waals surface area (Å²) in [7, 11) is 0. The number of nitrogens with zero attached hydrogens (tertiary/aromatic N) is 2. The second-order valence-electron chi connectivity index (χ2n) is 8.08. The molecule has 2 aliphatic rings. The van der Waals surface area contributed by atoms with E-state index in [-0.39, 0.29) is 11.8 Å². The molecule has 0 aliphatic carbocycles. The third-order valence-electron chi connectivity index (χ3n) is 5.84. The first-order chi connectivity index (χ1) is 15.1. The quantitative estimate of drug-likeness (QED) is 0.555. The summed E-state index contributed by atoms with van der Waals surface area (Å²) in [6.45, 7) is 4.12. The average molecular weight is 464 g/mol. The molecule has 4 heterocycles. The fourth-order valence-electron chi connectivity index (χ4n) is 3.96. The van der Waals surface area contributed by atoms with Crippen molar-refractivity contribution >= 4 is 40.6 Å². The minimum absolute atomic E-state index is 0.0379. The zero-order valence-electron chi connectivity index (χ0n) is 17.3. The minimum Gasteiger partial charge on any atom is -0.384 e. The van der Waals surface area contributed by atoms with Crippen molar-refractivity contribution < 1.29 is 9.53 Å². The van der Waals surface area contributed by atoms with E-state index in [1.54, 1.807) is 12.3 Å². The Morgan fingerprint density at radius 3 is 2.74 bits per heavy atom. The SMILES string of the molecule is O=C(Nc1cc(-c2cc(NCC3CCOCC3)cnc2Cl)c(Cl)cn1)C1CCCNC1. The van der Waals surface area contributed by atoms with Crippen LogP contribution in [0.3, 0.4) is 0 Å². The van der Waals surface area contributed by atoms with E-state index in [9.17, 15) is 4.79 Å². The predicted molar refractivity (Wildman–Crippen MR) is 124 cm³/mol. The summed E-state index contributed by atoms with van der Waals surface area (Å²) in [5.41, 5.74) is 2.25. The Kier molecular flexibility index (Phi) is 7.61. The van der Waals surface area contributed by atoms with Crippen molar-refractivity contribution in [1.82, 2.24) is 15.3 Å². The Balaban J connectivity index is 1.49. The highest BCUT2D eigenvalue weighted by molar-refractivity contribution is 6.36. The van der Waals surface area contributed by atoms with Crippen molar-refractivity contribution in [2.24, 2.45) is 11.8 Å². The second kappa shape index (κ2) is 10.6. The number of piperidine rings is 1. The molecular formula is C22H27Cl2N5O2. The Morgan fingerprint density at radius 1 is 1.13 bits per heavy atom. The molecule has 2 aromatic heterocycles. The third-order valence-corrected chi connectivity index (χ3v) is 6.44. The topological polar surface area (TPSA) is 88.2 Å². The Hall–Kier alpha value is -1.93. The first-order valence-corrected chi connectivity index (χ1v) is 11.5. The minimum atomic E-state index is -0.0577. The number of carbonyl (C=O) groups excluding carboxylic acids is 1. The maximum Gasteiger partial charge on any atom is 0.229 e. The number of hydrogen-bond donors (Lipinski definition) is 3. The van der Waals surface area contributed by atoms with Crippen LogP contribution >= 0.6 is 23.2 Å². The molecule has 2 saturated heterocycles. The van der Waals surface area contributed by atoms with Gasteiger partial charge in [-0.25, -0.2) is 9.97 Å². The van der Waals surface area contributed by atoms with E-state index in [1.807, 2.05) is 6.07 Å². The number of amides is 1. The molecular weight excluding hydrogens is 437 g/mol. The molecule has 4 rings (SSSR count). The van der Waals surface area contributed by atoms with E-state index in [1.165, 1.54) is 6.20 Å². The van der Waals surface area contributed by atoms with Crippen molar-refractivity contribution in [1.29, 1.82) is 0 Å². The maximum atomic E-state index is 12.6. The number of pyridine rings is 2. The Labute approximate surface area is 192 Å². The fourth-order valence-corrected chi connectivity index (χ4v) is 4.37. The van der Waals surface area contributed by atoms with Gasteiger partial charge in [0.1, 0.15) is 11.0 Å². The van der Waals surface area contributed by atoms with Crippen LogP contribution in [0, 0.1) is 11.8 Å². The van der Waals surface area contributed by atoms with Gasteiger partial charge in [-0.05, 0) is 50.3 Å². The van der Waals surface area contributed by atoms with Crippen LogP contribution in [0.2, 0.25) is 10.2 Å². The van der Waals surface area contributed by atoms with Crippen molar-refractivity contribution in [2.45, 2.75) is 25.7 Å². The van der Waals surface area contributed by atoms with E-state index in [2.05, 4.69) is 25.9 Å². The normalized spacial score (nSPS) is 19.7. The summed E-state index contributed by atoms with van der Waals surface area (Å²) >= 11 is 12.8. The summed E-state index contributed by atoms with van der Waals surface area (Å²) in [5.74, 6) is 0.932. The lowest BCUT2D eigenvalue weighted by Gasteiger charge is -2.23. The lowest BCUT2D eigenvalue weighted by Crippen LogP contribution is -2.37. The van der Waals surface area contributed by atoms with E-state index in [0.29, 0.717) is 39.6 Å². The van der Waals surface area contributed by atoms with Crippen molar-refractivity contribution in [3.8, 4) is 11.1 Å².